The van der Waals surface area contributed by atoms with Crippen molar-refractivity contribution in [3.8, 4) is 5.69 Å². The number of aromatic nitrogens is 2. The fourth-order valence-corrected chi connectivity index (χ4v) is 3.12. The molecule has 160 valence electrons. The van der Waals surface area contributed by atoms with Crippen molar-refractivity contribution in [2.45, 2.75) is 20.3 Å². The highest BCUT2D eigenvalue weighted by Gasteiger charge is 2.24. The summed E-state index contributed by atoms with van der Waals surface area (Å²) in [7, 11) is 0. The summed E-state index contributed by atoms with van der Waals surface area (Å²) in [6.45, 7) is 6.25. The van der Waals surface area contributed by atoms with Gasteiger partial charge in [-0.1, -0.05) is 13.8 Å². The normalized spacial score (nSPS) is 14.5. The highest BCUT2D eigenvalue weighted by molar-refractivity contribution is 5.93. The Morgan fingerprint density at radius 2 is 1.80 bits per heavy atom. The number of hydrogen-bond acceptors (Lipinski definition) is 6. The van der Waals surface area contributed by atoms with Crippen molar-refractivity contribution in [3.05, 3.63) is 52.3 Å². The van der Waals surface area contributed by atoms with Crippen LogP contribution in [0, 0.1) is 16.0 Å². The molecule has 1 aromatic carbocycles. The van der Waals surface area contributed by atoms with Crippen LogP contribution in [0.3, 0.4) is 0 Å². The van der Waals surface area contributed by atoms with Crippen LogP contribution in [-0.4, -0.2) is 69.3 Å². The zero-order chi connectivity index (χ0) is 21.7. The first-order valence-electron chi connectivity index (χ1n) is 9.85. The highest BCUT2D eigenvalue weighted by Crippen LogP contribution is 2.16. The van der Waals surface area contributed by atoms with E-state index in [9.17, 15) is 19.7 Å². The maximum atomic E-state index is 12.9. The molecule has 1 saturated heterocycles. The molecule has 2 amide bonds. The number of benzene rings is 1. The van der Waals surface area contributed by atoms with Crippen LogP contribution >= 0.6 is 0 Å². The van der Waals surface area contributed by atoms with Gasteiger partial charge in [0.15, 0.2) is 0 Å². The SMILES string of the molecule is CC(C)COC(=O)N1CCCN(C(=O)c2cnn(-c3ccc([N+](=O)[O-])cc3)c2)CC1. The molecule has 0 atom stereocenters. The second-order valence-electron chi connectivity index (χ2n) is 7.55. The molecule has 10 nitrogen and oxygen atoms in total. The first kappa shape index (κ1) is 21.3. The molecule has 0 aliphatic carbocycles. The lowest BCUT2D eigenvalue weighted by molar-refractivity contribution is -0.384. The summed E-state index contributed by atoms with van der Waals surface area (Å²) in [5, 5.41) is 15.0. The van der Waals surface area contributed by atoms with Crippen molar-refractivity contribution in [1.82, 2.24) is 19.6 Å². The average Bonchev–Trinajstić information content (AvgIpc) is 3.09. The number of nitro groups is 1. The molecule has 2 aromatic rings. The second kappa shape index (κ2) is 9.38. The van der Waals surface area contributed by atoms with Crippen molar-refractivity contribution >= 4 is 17.7 Å². The molecule has 0 N–H and O–H groups in total. The van der Waals surface area contributed by atoms with Gasteiger partial charge >= 0.3 is 6.09 Å². The minimum atomic E-state index is -0.469. The van der Waals surface area contributed by atoms with Crippen molar-refractivity contribution in [2.75, 3.05) is 32.8 Å². The number of carbonyl (C=O) groups excluding carboxylic acids is 2. The molecule has 0 radical (unpaired) electrons. The number of amides is 2. The van der Waals surface area contributed by atoms with Crippen LogP contribution in [0.25, 0.3) is 5.69 Å². The van der Waals surface area contributed by atoms with Gasteiger partial charge in [-0.3, -0.25) is 14.9 Å². The number of carbonyl (C=O) groups is 2. The molecule has 0 unspecified atom stereocenters. The number of non-ortho nitro benzene ring substituents is 1. The van der Waals surface area contributed by atoms with Gasteiger partial charge in [0.05, 0.1) is 29.0 Å². The predicted molar refractivity (Wildman–Crippen MR) is 108 cm³/mol. The third kappa shape index (κ3) is 5.13. The van der Waals surface area contributed by atoms with E-state index >= 15 is 0 Å². The van der Waals surface area contributed by atoms with E-state index in [2.05, 4.69) is 5.10 Å². The average molecular weight is 415 g/mol. The largest absolute Gasteiger partial charge is 0.449 e. The van der Waals surface area contributed by atoms with Crippen molar-refractivity contribution < 1.29 is 19.2 Å². The van der Waals surface area contributed by atoms with Crippen molar-refractivity contribution in [2.24, 2.45) is 5.92 Å². The van der Waals surface area contributed by atoms with Gasteiger partial charge in [-0.15, -0.1) is 0 Å². The number of rotatable bonds is 5. The molecule has 2 heterocycles. The molecule has 0 spiro atoms. The summed E-state index contributed by atoms with van der Waals surface area (Å²) in [6, 6.07) is 5.93. The van der Waals surface area contributed by atoms with Crippen LogP contribution in [0.2, 0.25) is 0 Å². The quantitative estimate of drug-likeness (QED) is 0.548. The van der Waals surface area contributed by atoms with E-state index in [0.717, 1.165) is 0 Å². The zero-order valence-electron chi connectivity index (χ0n) is 17.1. The standard InChI is InChI=1S/C20H25N5O5/c1-15(2)14-30-20(27)23-9-3-8-22(10-11-23)19(26)16-12-21-24(13-16)17-4-6-18(7-5-17)25(28)29/h4-7,12-13,15H,3,8-11,14H2,1-2H3. The monoisotopic (exact) mass is 415 g/mol. The summed E-state index contributed by atoms with van der Waals surface area (Å²) < 4.78 is 6.79. The Kier molecular flexibility index (Phi) is 6.65. The topological polar surface area (TPSA) is 111 Å². The van der Waals surface area contributed by atoms with Crippen LogP contribution in [0.1, 0.15) is 30.6 Å². The summed E-state index contributed by atoms with van der Waals surface area (Å²) in [6.07, 6.45) is 3.40. The van der Waals surface area contributed by atoms with Gasteiger partial charge in [-0.2, -0.15) is 5.10 Å². The lowest BCUT2D eigenvalue weighted by atomic mass is 10.2. The molecule has 1 aliphatic heterocycles. The van der Waals surface area contributed by atoms with E-state index in [1.807, 2.05) is 13.8 Å². The number of nitrogens with zero attached hydrogens (tertiary/aromatic N) is 5. The van der Waals surface area contributed by atoms with Gasteiger partial charge in [0.25, 0.3) is 11.6 Å². The van der Waals surface area contributed by atoms with Crippen LogP contribution in [0.5, 0.6) is 0 Å². The maximum Gasteiger partial charge on any atom is 0.409 e. The summed E-state index contributed by atoms with van der Waals surface area (Å²) in [5.41, 5.74) is 1.03. The van der Waals surface area contributed by atoms with Crippen LogP contribution in [-0.2, 0) is 4.74 Å². The molecular formula is C20H25N5O5. The molecular weight excluding hydrogens is 390 g/mol. The minimum Gasteiger partial charge on any atom is -0.449 e. The van der Waals surface area contributed by atoms with E-state index in [0.29, 0.717) is 50.5 Å². The van der Waals surface area contributed by atoms with Gasteiger partial charge in [0.2, 0.25) is 0 Å². The lowest BCUT2D eigenvalue weighted by Crippen LogP contribution is -2.37. The highest BCUT2D eigenvalue weighted by atomic mass is 16.6. The molecule has 1 aliphatic rings. The van der Waals surface area contributed by atoms with Gasteiger partial charge in [-0.25, -0.2) is 9.48 Å². The lowest BCUT2D eigenvalue weighted by Gasteiger charge is -2.21. The molecule has 0 bridgehead atoms. The molecule has 1 aromatic heterocycles. The molecule has 1 fully saturated rings. The Bertz CT molecular complexity index is 909. The molecule has 10 heteroatoms. The molecule has 0 saturated carbocycles. The third-order valence-electron chi connectivity index (χ3n) is 4.74. The van der Waals surface area contributed by atoms with Crippen LogP contribution < -0.4 is 0 Å². The van der Waals surface area contributed by atoms with E-state index < -0.39 is 4.92 Å². The zero-order valence-corrected chi connectivity index (χ0v) is 17.1. The Balaban J connectivity index is 1.62. The second-order valence-corrected chi connectivity index (χ2v) is 7.55. The van der Waals surface area contributed by atoms with Gasteiger partial charge in [0.1, 0.15) is 0 Å². The van der Waals surface area contributed by atoms with Gasteiger partial charge in [-0.05, 0) is 24.5 Å². The van der Waals surface area contributed by atoms with E-state index in [1.54, 1.807) is 28.1 Å². The molecule has 3 rings (SSSR count). The molecule has 30 heavy (non-hydrogen) atoms. The van der Waals surface area contributed by atoms with Crippen molar-refractivity contribution in [3.63, 3.8) is 0 Å². The smallest absolute Gasteiger partial charge is 0.409 e. The fourth-order valence-electron chi connectivity index (χ4n) is 3.12. The van der Waals surface area contributed by atoms with Gasteiger partial charge < -0.3 is 14.5 Å². The first-order chi connectivity index (χ1) is 14.3. The minimum absolute atomic E-state index is 0.0109. The Morgan fingerprint density at radius 3 is 2.47 bits per heavy atom. The first-order valence-corrected chi connectivity index (χ1v) is 9.85. The van der Waals surface area contributed by atoms with Gasteiger partial charge in [0, 0.05) is 44.5 Å². The van der Waals surface area contributed by atoms with Crippen molar-refractivity contribution in [1.29, 1.82) is 0 Å². The third-order valence-corrected chi connectivity index (χ3v) is 4.74. The predicted octanol–water partition coefficient (Wildman–Crippen LogP) is 2.72. The summed E-state index contributed by atoms with van der Waals surface area (Å²) in [5.74, 6) is 0.104. The number of ether oxygens (including phenoxy) is 1. The van der Waals surface area contributed by atoms with Crippen LogP contribution in [0.15, 0.2) is 36.7 Å². The number of nitro benzene ring substituents is 1. The number of hydrogen-bond donors (Lipinski definition) is 0. The summed E-state index contributed by atoms with van der Waals surface area (Å²) in [4.78, 5) is 38.7. The fraction of sp³-hybridized carbons (Fsp3) is 0.450. The maximum absolute atomic E-state index is 12.9. The van der Waals surface area contributed by atoms with E-state index in [-0.39, 0.29) is 23.6 Å². The summed E-state index contributed by atoms with van der Waals surface area (Å²) >= 11 is 0. The Labute approximate surface area is 174 Å². The van der Waals surface area contributed by atoms with E-state index in [1.165, 1.54) is 23.0 Å². The Hall–Kier alpha value is -3.43. The van der Waals surface area contributed by atoms with Crippen LogP contribution in [0.4, 0.5) is 10.5 Å². The Morgan fingerprint density at radius 1 is 1.13 bits per heavy atom. The van der Waals surface area contributed by atoms with E-state index in [4.69, 9.17) is 4.74 Å².